The van der Waals surface area contributed by atoms with E-state index in [4.69, 9.17) is 0 Å². The van der Waals surface area contributed by atoms with E-state index in [2.05, 4.69) is 10.5 Å². The molecule has 6 nitrogen and oxygen atoms in total. The van der Waals surface area contributed by atoms with Crippen molar-refractivity contribution in [2.75, 3.05) is 5.43 Å². The fourth-order valence-electron chi connectivity index (χ4n) is 2.57. The van der Waals surface area contributed by atoms with Crippen LogP contribution in [0.25, 0.3) is 0 Å². The van der Waals surface area contributed by atoms with Crippen LogP contribution in [0.2, 0.25) is 0 Å². The highest BCUT2D eigenvalue weighted by atomic mass is 16.6. The largest absolute Gasteiger partial charge is 0.287 e. The van der Waals surface area contributed by atoms with Crippen LogP contribution in [0.5, 0.6) is 0 Å². The number of carbonyl (C=O) groups is 1. The van der Waals surface area contributed by atoms with Crippen molar-refractivity contribution in [3.8, 4) is 0 Å². The molecule has 0 aromatic heterocycles. The number of non-ortho nitro benzene ring substituents is 1. The first kappa shape index (κ1) is 14.9. The Morgan fingerprint density at radius 2 is 1.78 bits per heavy atom. The van der Waals surface area contributed by atoms with Crippen molar-refractivity contribution in [3.05, 3.63) is 69.8 Å². The van der Waals surface area contributed by atoms with E-state index in [0.29, 0.717) is 23.4 Å². The monoisotopic (exact) mass is 309 g/mol. The zero-order valence-corrected chi connectivity index (χ0v) is 12.4. The molecule has 0 radical (unpaired) electrons. The topological polar surface area (TPSA) is 84.6 Å². The van der Waals surface area contributed by atoms with Crippen molar-refractivity contribution >= 4 is 22.9 Å². The molecule has 6 heteroatoms. The van der Waals surface area contributed by atoms with Crippen LogP contribution in [-0.4, -0.2) is 16.4 Å². The molecule has 0 fully saturated rings. The number of nitrogens with zero attached hydrogens (tertiary/aromatic N) is 2. The molecule has 0 spiro atoms. The summed E-state index contributed by atoms with van der Waals surface area (Å²) in [6, 6.07) is 13.5. The maximum absolute atomic E-state index is 12.5. The number of Topliss-reactive ketones (excluding diaryl/α,β-unsaturated/α-hetero) is 1. The lowest BCUT2D eigenvalue weighted by Crippen LogP contribution is -2.15. The molecule has 0 heterocycles. The summed E-state index contributed by atoms with van der Waals surface area (Å²) >= 11 is 0. The van der Waals surface area contributed by atoms with Gasteiger partial charge < -0.3 is 0 Å². The predicted molar refractivity (Wildman–Crippen MR) is 87.9 cm³/mol. The second-order valence-corrected chi connectivity index (χ2v) is 5.31. The molecule has 1 aliphatic rings. The quantitative estimate of drug-likeness (QED) is 0.533. The highest BCUT2D eigenvalue weighted by Gasteiger charge is 2.20. The van der Waals surface area contributed by atoms with Crippen LogP contribution in [0.4, 0.5) is 11.4 Å². The van der Waals surface area contributed by atoms with E-state index >= 15 is 0 Å². The molecule has 1 N–H and O–H groups in total. The van der Waals surface area contributed by atoms with E-state index in [1.54, 1.807) is 12.1 Å². The van der Waals surface area contributed by atoms with Gasteiger partial charge in [0.15, 0.2) is 0 Å². The third-order valence-electron chi connectivity index (χ3n) is 3.78. The molecule has 0 atom stereocenters. The average Bonchev–Trinajstić information content (AvgIpc) is 2.73. The van der Waals surface area contributed by atoms with Gasteiger partial charge in [0.25, 0.3) is 5.69 Å². The number of nitro benzene ring substituents is 1. The van der Waals surface area contributed by atoms with Gasteiger partial charge in [-0.2, -0.15) is 5.10 Å². The first-order valence-corrected chi connectivity index (χ1v) is 7.35. The molecule has 0 unspecified atom stereocenters. The van der Waals surface area contributed by atoms with E-state index in [-0.39, 0.29) is 11.5 Å². The SMILES string of the molecule is O=C1/C(=N\Nc2ccc([N+](=O)[O-])cc2)CCCc2ccccc21. The standard InChI is InChI=1S/C17H15N3O3/c21-17-15-6-2-1-4-12(15)5-3-7-16(17)19-18-13-8-10-14(11-9-13)20(22)23/h1-2,4,6,8-11,18H,3,5,7H2/b19-16-. The lowest BCUT2D eigenvalue weighted by molar-refractivity contribution is -0.384. The molecular weight excluding hydrogens is 294 g/mol. The van der Waals surface area contributed by atoms with E-state index in [9.17, 15) is 14.9 Å². The van der Waals surface area contributed by atoms with Crippen molar-refractivity contribution in [2.45, 2.75) is 19.3 Å². The van der Waals surface area contributed by atoms with Crippen LogP contribution >= 0.6 is 0 Å². The third kappa shape index (κ3) is 3.26. The summed E-state index contributed by atoms with van der Waals surface area (Å²) in [4.78, 5) is 22.7. The van der Waals surface area contributed by atoms with Crippen LogP contribution in [0.15, 0.2) is 53.6 Å². The molecule has 3 rings (SSSR count). The van der Waals surface area contributed by atoms with Crippen molar-refractivity contribution in [3.63, 3.8) is 0 Å². The Balaban J connectivity index is 1.79. The zero-order valence-electron chi connectivity index (χ0n) is 12.4. The average molecular weight is 309 g/mol. The normalized spacial score (nSPS) is 15.8. The highest BCUT2D eigenvalue weighted by molar-refractivity contribution is 6.46. The Morgan fingerprint density at radius 1 is 1.04 bits per heavy atom. The fourth-order valence-corrected chi connectivity index (χ4v) is 2.57. The number of nitro groups is 1. The smallest absolute Gasteiger partial charge is 0.269 e. The molecule has 0 bridgehead atoms. The van der Waals surface area contributed by atoms with Gasteiger partial charge in [0, 0.05) is 17.7 Å². The minimum absolute atomic E-state index is 0.0164. The fraction of sp³-hybridized carbons (Fsp3) is 0.176. The van der Waals surface area contributed by atoms with Gasteiger partial charge in [-0.15, -0.1) is 0 Å². The molecule has 0 aliphatic heterocycles. The second kappa shape index (κ2) is 6.39. The van der Waals surface area contributed by atoms with Gasteiger partial charge in [-0.05, 0) is 37.0 Å². The van der Waals surface area contributed by atoms with Crippen molar-refractivity contribution in [1.82, 2.24) is 0 Å². The van der Waals surface area contributed by atoms with Crippen LogP contribution in [0.3, 0.4) is 0 Å². The summed E-state index contributed by atoms with van der Waals surface area (Å²) < 4.78 is 0. The summed E-state index contributed by atoms with van der Waals surface area (Å²) in [5, 5.41) is 14.8. The van der Waals surface area contributed by atoms with E-state index in [0.717, 1.165) is 18.4 Å². The van der Waals surface area contributed by atoms with Gasteiger partial charge in [0.1, 0.15) is 5.71 Å². The Labute approximate surface area is 133 Å². The Morgan fingerprint density at radius 3 is 2.52 bits per heavy atom. The molecule has 1 aliphatic carbocycles. The highest BCUT2D eigenvalue weighted by Crippen LogP contribution is 2.20. The number of carbonyl (C=O) groups excluding carboxylic acids is 1. The minimum atomic E-state index is -0.457. The van der Waals surface area contributed by atoms with Crippen molar-refractivity contribution in [2.24, 2.45) is 5.10 Å². The number of anilines is 1. The van der Waals surface area contributed by atoms with E-state index in [1.807, 2.05) is 24.3 Å². The van der Waals surface area contributed by atoms with Crippen molar-refractivity contribution < 1.29 is 9.72 Å². The maximum atomic E-state index is 12.5. The molecule has 0 amide bonds. The number of hydrogen-bond acceptors (Lipinski definition) is 5. The van der Waals surface area contributed by atoms with Crippen LogP contribution in [0.1, 0.15) is 28.8 Å². The summed E-state index contributed by atoms with van der Waals surface area (Å²) in [6.07, 6.45) is 2.33. The van der Waals surface area contributed by atoms with Crippen molar-refractivity contribution in [1.29, 1.82) is 0 Å². The molecular formula is C17H15N3O3. The Kier molecular flexibility index (Phi) is 4.14. The summed E-state index contributed by atoms with van der Waals surface area (Å²) in [7, 11) is 0. The molecule has 0 saturated carbocycles. The number of hydrogen-bond donors (Lipinski definition) is 1. The molecule has 23 heavy (non-hydrogen) atoms. The van der Waals surface area contributed by atoms with Gasteiger partial charge in [-0.1, -0.05) is 24.3 Å². The first-order valence-electron chi connectivity index (χ1n) is 7.35. The van der Waals surface area contributed by atoms with Gasteiger partial charge in [0.2, 0.25) is 5.78 Å². The van der Waals surface area contributed by atoms with Gasteiger partial charge in [-0.25, -0.2) is 0 Å². The molecule has 2 aromatic carbocycles. The Bertz CT molecular complexity index is 782. The lowest BCUT2D eigenvalue weighted by Gasteiger charge is -2.05. The molecule has 116 valence electrons. The molecule has 2 aromatic rings. The number of aryl methyl sites for hydroxylation is 1. The Hall–Kier alpha value is -3.02. The van der Waals surface area contributed by atoms with Crippen LogP contribution in [0, 0.1) is 10.1 Å². The van der Waals surface area contributed by atoms with Gasteiger partial charge >= 0.3 is 0 Å². The van der Waals surface area contributed by atoms with E-state index < -0.39 is 4.92 Å². The van der Waals surface area contributed by atoms with Crippen LogP contribution in [-0.2, 0) is 6.42 Å². The summed E-state index contributed by atoms with van der Waals surface area (Å²) in [6.45, 7) is 0. The number of nitrogens with one attached hydrogen (secondary N) is 1. The first-order chi connectivity index (χ1) is 11.1. The van der Waals surface area contributed by atoms with Crippen LogP contribution < -0.4 is 5.43 Å². The third-order valence-corrected chi connectivity index (χ3v) is 3.78. The number of fused-ring (bicyclic) bond motifs is 1. The second-order valence-electron chi connectivity index (χ2n) is 5.31. The number of ketones is 1. The number of benzene rings is 2. The number of hydrazone groups is 1. The predicted octanol–water partition coefficient (Wildman–Crippen LogP) is 3.58. The van der Waals surface area contributed by atoms with Gasteiger partial charge in [0.05, 0.1) is 10.6 Å². The van der Waals surface area contributed by atoms with Gasteiger partial charge in [-0.3, -0.25) is 20.3 Å². The summed E-state index contributed by atoms with van der Waals surface area (Å²) in [5.74, 6) is -0.0625. The maximum Gasteiger partial charge on any atom is 0.269 e. The number of rotatable bonds is 3. The minimum Gasteiger partial charge on any atom is -0.287 e. The summed E-state index contributed by atoms with van der Waals surface area (Å²) in [5.41, 5.74) is 5.67. The van der Waals surface area contributed by atoms with E-state index in [1.165, 1.54) is 12.1 Å². The lowest BCUT2D eigenvalue weighted by atomic mass is 10.0. The molecule has 0 saturated heterocycles. The zero-order chi connectivity index (χ0) is 16.2.